The number of hydrogen-bond donors (Lipinski definition) is 1. The monoisotopic (exact) mass is 281 g/mol. The predicted octanol–water partition coefficient (Wildman–Crippen LogP) is 1.46. The van der Waals surface area contributed by atoms with E-state index in [1.54, 1.807) is 11.3 Å². The van der Waals surface area contributed by atoms with E-state index in [1.807, 2.05) is 11.8 Å². The largest absolute Gasteiger partial charge is 0.394 e. The van der Waals surface area contributed by atoms with Gasteiger partial charge in [0, 0.05) is 11.4 Å². The molecular weight excluding hydrogens is 262 g/mol. The van der Waals surface area contributed by atoms with E-state index in [2.05, 4.69) is 6.07 Å². The third kappa shape index (κ3) is 2.42. The van der Waals surface area contributed by atoms with E-state index in [4.69, 9.17) is 4.74 Å². The number of aliphatic hydroxyl groups excluding tert-OH is 1. The first-order chi connectivity index (χ1) is 9.19. The first-order valence-electron chi connectivity index (χ1n) is 6.84. The molecule has 1 fully saturated rings. The minimum atomic E-state index is -0.244. The molecule has 104 valence electrons. The van der Waals surface area contributed by atoms with Crippen LogP contribution >= 0.6 is 11.3 Å². The fourth-order valence-corrected chi connectivity index (χ4v) is 4.00. The highest BCUT2D eigenvalue weighted by atomic mass is 32.1. The van der Waals surface area contributed by atoms with Crippen molar-refractivity contribution in [2.75, 3.05) is 19.8 Å². The lowest BCUT2D eigenvalue weighted by Gasteiger charge is -2.37. The molecule has 3 rings (SSSR count). The van der Waals surface area contributed by atoms with Crippen LogP contribution in [0, 0.1) is 0 Å². The molecule has 2 atom stereocenters. The molecule has 2 unspecified atom stereocenters. The molecule has 1 N–H and O–H groups in total. The van der Waals surface area contributed by atoms with Gasteiger partial charge in [-0.25, -0.2) is 0 Å². The molecule has 1 aromatic heterocycles. The van der Waals surface area contributed by atoms with Gasteiger partial charge in [-0.3, -0.25) is 4.79 Å². The van der Waals surface area contributed by atoms with Gasteiger partial charge >= 0.3 is 0 Å². The van der Waals surface area contributed by atoms with E-state index in [9.17, 15) is 9.90 Å². The summed E-state index contributed by atoms with van der Waals surface area (Å²) in [6.45, 7) is 2.95. The zero-order chi connectivity index (χ0) is 13.4. The summed E-state index contributed by atoms with van der Waals surface area (Å²) >= 11 is 1.64. The van der Waals surface area contributed by atoms with Gasteiger partial charge in [0.05, 0.1) is 30.2 Å². The number of ether oxygens (including phenoxy) is 1. The van der Waals surface area contributed by atoms with Gasteiger partial charge in [-0.05, 0) is 37.8 Å². The lowest BCUT2D eigenvalue weighted by Crippen LogP contribution is -2.51. The number of nitrogens with zero attached hydrogens (tertiary/aromatic N) is 1. The summed E-state index contributed by atoms with van der Waals surface area (Å²) in [5, 5.41) is 9.18. The summed E-state index contributed by atoms with van der Waals surface area (Å²) in [6, 6.07) is 2.14. The Labute approximate surface area is 117 Å². The highest BCUT2D eigenvalue weighted by Gasteiger charge is 2.31. The number of morpholine rings is 1. The van der Waals surface area contributed by atoms with Crippen LogP contribution in [0.1, 0.15) is 33.5 Å². The summed E-state index contributed by atoms with van der Waals surface area (Å²) in [6.07, 6.45) is 3.20. The zero-order valence-electron chi connectivity index (χ0n) is 11.1. The average molecular weight is 281 g/mol. The fraction of sp³-hybridized carbons (Fsp3) is 0.643. The van der Waals surface area contributed by atoms with Crippen molar-refractivity contribution in [3.63, 3.8) is 0 Å². The van der Waals surface area contributed by atoms with Crippen molar-refractivity contribution in [3.05, 3.63) is 21.4 Å². The number of aryl methyl sites for hydroxylation is 2. The third-order valence-electron chi connectivity index (χ3n) is 3.93. The lowest BCUT2D eigenvalue weighted by molar-refractivity contribution is -0.0666. The molecule has 2 aliphatic rings. The average Bonchev–Trinajstić information content (AvgIpc) is 2.99. The smallest absolute Gasteiger partial charge is 0.264 e. The van der Waals surface area contributed by atoms with Crippen LogP contribution in [0.2, 0.25) is 0 Å². The maximum absolute atomic E-state index is 12.6. The van der Waals surface area contributed by atoms with Crippen LogP contribution in [0.5, 0.6) is 0 Å². The number of fused-ring (bicyclic) bond motifs is 1. The highest BCUT2D eigenvalue weighted by molar-refractivity contribution is 7.14. The van der Waals surface area contributed by atoms with Crippen LogP contribution in [0.3, 0.4) is 0 Å². The van der Waals surface area contributed by atoms with Crippen LogP contribution in [0.15, 0.2) is 6.07 Å². The van der Waals surface area contributed by atoms with Crippen molar-refractivity contribution in [3.8, 4) is 0 Å². The number of carbonyl (C=O) groups excluding carboxylic acids is 1. The summed E-state index contributed by atoms with van der Waals surface area (Å²) in [5.41, 5.74) is 1.35. The van der Waals surface area contributed by atoms with Gasteiger partial charge in [-0.1, -0.05) is 0 Å². The van der Waals surface area contributed by atoms with Crippen molar-refractivity contribution in [2.24, 2.45) is 0 Å². The fourth-order valence-electron chi connectivity index (χ4n) is 2.79. The van der Waals surface area contributed by atoms with Crippen molar-refractivity contribution < 1.29 is 14.6 Å². The van der Waals surface area contributed by atoms with Gasteiger partial charge in [0.15, 0.2) is 0 Å². The summed E-state index contributed by atoms with van der Waals surface area (Å²) in [7, 11) is 0. The summed E-state index contributed by atoms with van der Waals surface area (Å²) in [5.74, 6) is 0.0913. The molecule has 0 radical (unpaired) electrons. The van der Waals surface area contributed by atoms with Gasteiger partial charge in [-0.2, -0.15) is 0 Å². The van der Waals surface area contributed by atoms with Crippen LogP contribution in [0.25, 0.3) is 0 Å². The minimum Gasteiger partial charge on any atom is -0.394 e. The summed E-state index contributed by atoms with van der Waals surface area (Å²) in [4.78, 5) is 16.6. The predicted molar refractivity (Wildman–Crippen MR) is 73.7 cm³/mol. The Bertz CT molecular complexity index is 464. The lowest BCUT2D eigenvalue weighted by atomic mass is 10.2. The van der Waals surface area contributed by atoms with E-state index in [-0.39, 0.29) is 24.7 Å². The molecule has 1 amide bonds. The van der Waals surface area contributed by atoms with E-state index in [1.165, 1.54) is 16.9 Å². The molecule has 1 aliphatic carbocycles. The standard InChI is InChI=1S/C14H19NO3S/c1-9-8-18-11(7-16)6-15(9)14(17)13-5-10-3-2-4-12(10)19-13/h5,9,11,16H,2-4,6-8H2,1H3. The molecular formula is C14H19NO3S. The van der Waals surface area contributed by atoms with Crippen LogP contribution in [-0.4, -0.2) is 47.8 Å². The minimum absolute atomic E-state index is 0.0303. The Morgan fingerprint density at radius 1 is 1.58 bits per heavy atom. The topological polar surface area (TPSA) is 49.8 Å². The van der Waals surface area contributed by atoms with Crippen molar-refractivity contribution >= 4 is 17.2 Å². The first kappa shape index (κ1) is 13.1. The second-order valence-electron chi connectivity index (χ2n) is 5.36. The Morgan fingerprint density at radius 2 is 2.42 bits per heavy atom. The quantitative estimate of drug-likeness (QED) is 0.893. The number of rotatable bonds is 2. The highest BCUT2D eigenvalue weighted by Crippen LogP contribution is 2.31. The number of hydrogen-bond acceptors (Lipinski definition) is 4. The SMILES string of the molecule is CC1COC(CO)CN1C(=O)c1cc2c(s1)CCC2. The summed E-state index contributed by atoms with van der Waals surface area (Å²) < 4.78 is 5.48. The number of carbonyl (C=O) groups is 1. The van der Waals surface area contributed by atoms with Gasteiger partial charge in [0.25, 0.3) is 5.91 Å². The number of amides is 1. The molecule has 1 aromatic rings. The zero-order valence-corrected chi connectivity index (χ0v) is 11.9. The molecule has 4 nitrogen and oxygen atoms in total. The van der Waals surface area contributed by atoms with Crippen molar-refractivity contribution in [2.45, 2.75) is 38.3 Å². The van der Waals surface area contributed by atoms with E-state index in [0.29, 0.717) is 13.2 Å². The second kappa shape index (κ2) is 5.23. The molecule has 0 saturated carbocycles. The van der Waals surface area contributed by atoms with E-state index < -0.39 is 0 Å². The molecule has 2 heterocycles. The molecule has 1 saturated heterocycles. The van der Waals surface area contributed by atoms with Gasteiger partial charge < -0.3 is 14.7 Å². The Morgan fingerprint density at radius 3 is 3.16 bits per heavy atom. The molecule has 0 aromatic carbocycles. The van der Waals surface area contributed by atoms with Gasteiger partial charge in [-0.15, -0.1) is 11.3 Å². The van der Waals surface area contributed by atoms with Gasteiger partial charge in [0.2, 0.25) is 0 Å². The molecule has 1 aliphatic heterocycles. The molecule has 5 heteroatoms. The van der Waals surface area contributed by atoms with E-state index in [0.717, 1.165) is 17.7 Å². The second-order valence-corrected chi connectivity index (χ2v) is 6.49. The van der Waals surface area contributed by atoms with Crippen molar-refractivity contribution in [1.82, 2.24) is 4.90 Å². The first-order valence-corrected chi connectivity index (χ1v) is 7.65. The van der Waals surface area contributed by atoms with Gasteiger partial charge in [0.1, 0.15) is 0 Å². The maximum Gasteiger partial charge on any atom is 0.264 e. The van der Waals surface area contributed by atoms with Crippen LogP contribution < -0.4 is 0 Å². The number of thiophene rings is 1. The Balaban J connectivity index is 1.77. The molecule has 0 spiro atoms. The third-order valence-corrected chi connectivity index (χ3v) is 5.15. The maximum atomic E-state index is 12.6. The normalized spacial score (nSPS) is 26.5. The number of aliphatic hydroxyl groups is 1. The van der Waals surface area contributed by atoms with Crippen molar-refractivity contribution in [1.29, 1.82) is 0 Å². The van der Waals surface area contributed by atoms with Crippen LogP contribution in [-0.2, 0) is 17.6 Å². The Kier molecular flexibility index (Phi) is 3.60. The molecule has 19 heavy (non-hydrogen) atoms. The van der Waals surface area contributed by atoms with E-state index >= 15 is 0 Å². The molecule has 0 bridgehead atoms. The Hall–Kier alpha value is -0.910. The van der Waals surface area contributed by atoms with Crippen LogP contribution in [0.4, 0.5) is 0 Å².